The molecule has 1 aliphatic carbocycles. The molecule has 3 aromatic rings. The summed E-state index contributed by atoms with van der Waals surface area (Å²) in [5.41, 5.74) is 6.44. The Kier molecular flexibility index (Phi) is 9.25. The Bertz CT molecular complexity index is 1160. The van der Waals surface area contributed by atoms with Gasteiger partial charge in [-0.25, -0.2) is 0 Å². The second-order valence-corrected chi connectivity index (χ2v) is 9.74. The van der Waals surface area contributed by atoms with Crippen LogP contribution in [0, 0.1) is 0 Å². The molecule has 3 N–H and O–H groups in total. The first-order chi connectivity index (χ1) is 17.5. The van der Waals surface area contributed by atoms with Crippen LogP contribution in [-0.4, -0.2) is 36.2 Å². The van der Waals surface area contributed by atoms with Crippen LogP contribution in [0.2, 0.25) is 0 Å². The van der Waals surface area contributed by atoms with Gasteiger partial charge in [-0.15, -0.1) is 0 Å². The number of phenols is 1. The number of likely N-dealkylation sites (tertiary alicyclic amines) is 1. The van der Waals surface area contributed by atoms with E-state index in [-0.39, 0.29) is 16.9 Å². The van der Waals surface area contributed by atoms with E-state index in [1.165, 1.54) is 51.2 Å². The van der Waals surface area contributed by atoms with Gasteiger partial charge in [0.05, 0.1) is 18.1 Å². The fourth-order valence-corrected chi connectivity index (χ4v) is 4.88. The Balaban J connectivity index is 0.000000375. The number of methoxy groups -OCH3 is 1. The van der Waals surface area contributed by atoms with Crippen LogP contribution in [0.5, 0.6) is 23.0 Å². The van der Waals surface area contributed by atoms with Gasteiger partial charge in [-0.05, 0) is 75.2 Å². The van der Waals surface area contributed by atoms with E-state index in [1.807, 2.05) is 0 Å². The summed E-state index contributed by atoms with van der Waals surface area (Å²) >= 11 is 0. The van der Waals surface area contributed by atoms with E-state index < -0.39 is 0 Å². The van der Waals surface area contributed by atoms with Crippen LogP contribution in [0.3, 0.4) is 0 Å². The highest BCUT2D eigenvalue weighted by atomic mass is 16.5. The minimum atomic E-state index is -0.265. The molecule has 1 saturated carbocycles. The van der Waals surface area contributed by atoms with Crippen molar-refractivity contribution in [3.63, 3.8) is 0 Å². The summed E-state index contributed by atoms with van der Waals surface area (Å²) < 4.78 is 16.6. The van der Waals surface area contributed by atoms with E-state index in [2.05, 4.69) is 4.90 Å². The largest absolute Gasteiger partial charge is 0.507 e. The molecule has 2 aromatic carbocycles. The number of nitrogens with two attached hydrogens (primary N) is 1. The van der Waals surface area contributed by atoms with Gasteiger partial charge in [0.15, 0.2) is 0 Å². The van der Waals surface area contributed by atoms with Crippen molar-refractivity contribution in [2.24, 2.45) is 5.73 Å². The Morgan fingerprint density at radius 2 is 1.58 bits per heavy atom. The fraction of sp³-hybridized carbons (Fsp3) is 0.483. The van der Waals surface area contributed by atoms with Crippen molar-refractivity contribution < 1.29 is 19.0 Å². The predicted molar refractivity (Wildman–Crippen MR) is 142 cm³/mol. The number of nitrogens with zero attached hydrogens (tertiary/aromatic N) is 1. The SMILES string of the molecule is COc1ccc(Oc2coc3c(CN4CCCCCC4)c(O)ccc3c2=O)cc1.NC1CCCCC1. The molecule has 0 atom stereocenters. The number of benzene rings is 2. The van der Waals surface area contributed by atoms with E-state index in [0.717, 1.165) is 25.9 Å². The molecule has 2 aliphatic rings. The minimum Gasteiger partial charge on any atom is -0.507 e. The van der Waals surface area contributed by atoms with Gasteiger partial charge in [-0.3, -0.25) is 9.69 Å². The molecule has 0 unspecified atom stereocenters. The molecule has 0 radical (unpaired) electrons. The number of ether oxygens (including phenoxy) is 2. The van der Waals surface area contributed by atoms with Crippen LogP contribution in [-0.2, 0) is 6.54 Å². The van der Waals surface area contributed by atoms with E-state index in [9.17, 15) is 9.90 Å². The van der Waals surface area contributed by atoms with Crippen molar-refractivity contribution >= 4 is 11.0 Å². The first kappa shape index (κ1) is 26.0. The van der Waals surface area contributed by atoms with Gasteiger partial charge in [-0.1, -0.05) is 32.1 Å². The lowest BCUT2D eigenvalue weighted by molar-refractivity contribution is 0.272. The molecule has 194 valence electrons. The highest BCUT2D eigenvalue weighted by Gasteiger charge is 2.18. The smallest absolute Gasteiger partial charge is 0.235 e. The summed E-state index contributed by atoms with van der Waals surface area (Å²) in [5, 5.41) is 10.8. The van der Waals surface area contributed by atoms with Crippen LogP contribution in [0.4, 0.5) is 0 Å². The number of rotatable bonds is 5. The molecule has 7 nitrogen and oxygen atoms in total. The number of hydrogen-bond donors (Lipinski definition) is 2. The summed E-state index contributed by atoms with van der Waals surface area (Å²) in [6.07, 6.45) is 12.7. The van der Waals surface area contributed by atoms with Crippen LogP contribution >= 0.6 is 0 Å². The van der Waals surface area contributed by atoms with Gasteiger partial charge in [0, 0.05) is 12.6 Å². The highest BCUT2D eigenvalue weighted by molar-refractivity contribution is 5.83. The van der Waals surface area contributed by atoms with Gasteiger partial charge in [0.25, 0.3) is 0 Å². The highest BCUT2D eigenvalue weighted by Crippen LogP contribution is 2.30. The zero-order valence-corrected chi connectivity index (χ0v) is 21.2. The first-order valence-corrected chi connectivity index (χ1v) is 13.1. The van der Waals surface area contributed by atoms with Gasteiger partial charge < -0.3 is 24.7 Å². The van der Waals surface area contributed by atoms with Gasteiger partial charge >= 0.3 is 0 Å². The molecule has 1 aliphatic heterocycles. The molecule has 1 saturated heterocycles. The molecule has 0 bridgehead atoms. The maximum atomic E-state index is 13.0. The summed E-state index contributed by atoms with van der Waals surface area (Å²) in [5.74, 6) is 1.47. The van der Waals surface area contributed by atoms with Crippen molar-refractivity contribution in [2.75, 3.05) is 20.2 Å². The molecule has 1 aromatic heterocycles. The average molecular weight is 495 g/mol. The maximum absolute atomic E-state index is 13.0. The topological polar surface area (TPSA) is 98.2 Å². The molecule has 7 heteroatoms. The number of phenolic OH excluding ortho intramolecular Hbond substituents is 1. The fourth-order valence-electron chi connectivity index (χ4n) is 4.88. The van der Waals surface area contributed by atoms with Gasteiger partial charge in [0.2, 0.25) is 11.2 Å². The third-order valence-electron chi connectivity index (χ3n) is 7.01. The Hall–Kier alpha value is -3.03. The first-order valence-electron chi connectivity index (χ1n) is 13.1. The lowest BCUT2D eigenvalue weighted by atomic mass is 9.97. The zero-order valence-electron chi connectivity index (χ0n) is 21.2. The summed E-state index contributed by atoms with van der Waals surface area (Å²) in [6.45, 7) is 2.53. The van der Waals surface area contributed by atoms with Crippen LogP contribution < -0.4 is 20.6 Å². The second-order valence-electron chi connectivity index (χ2n) is 9.74. The molecular formula is C29H38N2O5. The minimum absolute atomic E-state index is 0.106. The Morgan fingerprint density at radius 1 is 0.944 bits per heavy atom. The Labute approximate surface area is 212 Å². The summed E-state index contributed by atoms with van der Waals surface area (Å²) in [7, 11) is 1.59. The van der Waals surface area contributed by atoms with Crippen molar-refractivity contribution in [1.29, 1.82) is 0 Å². The molecule has 0 spiro atoms. The molecule has 2 heterocycles. The van der Waals surface area contributed by atoms with Gasteiger partial charge in [-0.2, -0.15) is 0 Å². The number of hydrogen-bond acceptors (Lipinski definition) is 7. The maximum Gasteiger partial charge on any atom is 0.235 e. The lowest BCUT2D eigenvalue weighted by Crippen LogP contribution is -2.24. The molecule has 36 heavy (non-hydrogen) atoms. The van der Waals surface area contributed by atoms with Crippen molar-refractivity contribution in [1.82, 2.24) is 4.90 Å². The van der Waals surface area contributed by atoms with E-state index >= 15 is 0 Å². The Morgan fingerprint density at radius 3 is 2.19 bits per heavy atom. The third-order valence-corrected chi connectivity index (χ3v) is 7.01. The van der Waals surface area contributed by atoms with Gasteiger partial charge in [0.1, 0.15) is 29.1 Å². The van der Waals surface area contributed by atoms with E-state index in [1.54, 1.807) is 43.5 Å². The quantitative estimate of drug-likeness (QED) is 0.452. The summed E-state index contributed by atoms with van der Waals surface area (Å²) in [4.78, 5) is 15.3. The average Bonchev–Trinajstić information content (AvgIpc) is 3.17. The van der Waals surface area contributed by atoms with Crippen LogP contribution in [0.1, 0.15) is 63.4 Å². The van der Waals surface area contributed by atoms with E-state index in [0.29, 0.717) is 40.6 Å². The lowest BCUT2D eigenvalue weighted by Gasteiger charge is -2.20. The molecule has 0 amide bonds. The van der Waals surface area contributed by atoms with Crippen LogP contribution in [0.15, 0.2) is 51.9 Å². The monoisotopic (exact) mass is 494 g/mol. The standard InChI is InChI=1S/C23H25NO5.C6H13N/c1-27-16-6-8-17(9-7-16)29-21-15-28-23-18(22(21)26)10-11-20(25)19(23)14-24-12-4-2-3-5-13-24;7-6-4-2-1-3-5-6/h6-11,15,25H,2-5,12-14H2,1H3;6H,1-5,7H2. The van der Waals surface area contributed by atoms with Crippen molar-refractivity contribution in [3.05, 3.63) is 58.4 Å². The third kappa shape index (κ3) is 6.80. The summed E-state index contributed by atoms with van der Waals surface area (Å²) in [6, 6.07) is 10.7. The normalized spacial score (nSPS) is 17.2. The number of fused-ring (bicyclic) bond motifs is 1. The van der Waals surface area contributed by atoms with Crippen molar-refractivity contribution in [3.8, 4) is 23.0 Å². The molecule has 2 fully saturated rings. The van der Waals surface area contributed by atoms with Crippen LogP contribution in [0.25, 0.3) is 11.0 Å². The second kappa shape index (κ2) is 12.8. The molecular weight excluding hydrogens is 456 g/mol. The molecule has 5 rings (SSSR count). The predicted octanol–water partition coefficient (Wildman–Crippen LogP) is 5.95. The number of aromatic hydroxyl groups is 1. The van der Waals surface area contributed by atoms with Crippen molar-refractivity contribution in [2.45, 2.75) is 70.4 Å². The zero-order chi connectivity index (χ0) is 25.3. The van der Waals surface area contributed by atoms with E-state index in [4.69, 9.17) is 19.6 Å².